The maximum absolute atomic E-state index is 12.9. The predicted molar refractivity (Wildman–Crippen MR) is 135 cm³/mol. The van der Waals surface area contributed by atoms with Gasteiger partial charge in [0, 0.05) is 6.42 Å². The number of carbonyl (C=O) groups is 3. The first-order valence-corrected chi connectivity index (χ1v) is 12.8. The molecule has 1 saturated carbocycles. The van der Waals surface area contributed by atoms with Crippen LogP contribution in [0.4, 0.5) is 0 Å². The van der Waals surface area contributed by atoms with Gasteiger partial charge in [0.05, 0.1) is 19.4 Å². The van der Waals surface area contributed by atoms with E-state index < -0.39 is 12.1 Å². The van der Waals surface area contributed by atoms with Crippen molar-refractivity contribution in [3.63, 3.8) is 0 Å². The van der Waals surface area contributed by atoms with Crippen LogP contribution in [0.15, 0.2) is 47.1 Å². The second-order valence-corrected chi connectivity index (χ2v) is 10.2. The van der Waals surface area contributed by atoms with Gasteiger partial charge in [0.15, 0.2) is 11.9 Å². The normalized spacial score (nSPS) is 22.0. The Morgan fingerprint density at radius 3 is 2.44 bits per heavy atom. The van der Waals surface area contributed by atoms with Crippen LogP contribution in [0.2, 0.25) is 0 Å². The summed E-state index contributed by atoms with van der Waals surface area (Å²) in [6.45, 7) is 10.5. The zero-order valence-electron chi connectivity index (χ0n) is 21.7. The quantitative estimate of drug-likeness (QED) is 0.266. The average molecular weight is 471 g/mol. The molecule has 0 radical (unpaired) electrons. The topological polar surface area (TPSA) is 69.7 Å². The summed E-state index contributed by atoms with van der Waals surface area (Å²) in [6, 6.07) is 0. The molecule has 0 spiro atoms. The monoisotopic (exact) mass is 470 g/mol. The largest absolute Gasteiger partial charge is 0.465 e. The lowest BCUT2D eigenvalue weighted by molar-refractivity contribution is -0.158. The number of allylic oxidation sites excluding steroid dienone is 7. The molecule has 5 nitrogen and oxygen atoms in total. The van der Waals surface area contributed by atoms with Crippen LogP contribution in [0.3, 0.4) is 0 Å². The molecule has 0 N–H and O–H groups in total. The summed E-state index contributed by atoms with van der Waals surface area (Å²) < 4.78 is 10.9. The third-order valence-corrected chi connectivity index (χ3v) is 6.75. The SMILES string of the molecule is CCC=CC=C(C)C=CC1=C(C)C(=O)C(OC(=O)CCC(=O)OCC2CCCCC2)CC1(C)C. The van der Waals surface area contributed by atoms with Crippen molar-refractivity contribution in [1.82, 2.24) is 0 Å². The fourth-order valence-electron chi connectivity index (χ4n) is 4.68. The lowest BCUT2D eigenvalue weighted by Gasteiger charge is -2.36. The fraction of sp³-hybridized carbons (Fsp3) is 0.621. The van der Waals surface area contributed by atoms with Crippen molar-refractivity contribution in [2.24, 2.45) is 11.3 Å². The van der Waals surface area contributed by atoms with E-state index in [0.29, 0.717) is 24.5 Å². The van der Waals surface area contributed by atoms with Crippen LogP contribution < -0.4 is 0 Å². The predicted octanol–water partition coefficient (Wildman–Crippen LogP) is 6.59. The summed E-state index contributed by atoms with van der Waals surface area (Å²) in [4.78, 5) is 37.4. The Labute approximate surface area is 205 Å². The molecule has 0 aromatic carbocycles. The van der Waals surface area contributed by atoms with Gasteiger partial charge in [-0.2, -0.15) is 0 Å². The van der Waals surface area contributed by atoms with Crippen molar-refractivity contribution in [3.8, 4) is 0 Å². The highest BCUT2D eigenvalue weighted by Gasteiger charge is 2.39. The number of ether oxygens (including phenoxy) is 2. The summed E-state index contributed by atoms with van der Waals surface area (Å²) in [7, 11) is 0. The molecule has 0 amide bonds. The molecule has 188 valence electrons. The Kier molecular flexibility index (Phi) is 11.0. The highest BCUT2D eigenvalue weighted by atomic mass is 16.5. The Balaban J connectivity index is 1.90. The minimum Gasteiger partial charge on any atom is -0.465 e. The van der Waals surface area contributed by atoms with Crippen LogP contribution in [0, 0.1) is 11.3 Å². The molecule has 1 fully saturated rings. The van der Waals surface area contributed by atoms with E-state index in [4.69, 9.17) is 9.47 Å². The van der Waals surface area contributed by atoms with Crippen LogP contribution in [-0.4, -0.2) is 30.4 Å². The number of hydrogen-bond acceptors (Lipinski definition) is 5. The van der Waals surface area contributed by atoms with Gasteiger partial charge in [0.1, 0.15) is 0 Å². The summed E-state index contributed by atoms with van der Waals surface area (Å²) in [5.41, 5.74) is 2.35. The summed E-state index contributed by atoms with van der Waals surface area (Å²) in [5, 5.41) is 0. The van der Waals surface area contributed by atoms with Gasteiger partial charge in [-0.25, -0.2) is 0 Å². The second kappa shape index (κ2) is 13.5. The van der Waals surface area contributed by atoms with Gasteiger partial charge in [-0.05, 0) is 55.6 Å². The summed E-state index contributed by atoms with van der Waals surface area (Å²) >= 11 is 0. The number of Topliss-reactive ketones (excluding diaryl/α,β-unsaturated/α-hetero) is 1. The van der Waals surface area contributed by atoms with Gasteiger partial charge < -0.3 is 9.47 Å². The number of ketones is 1. The van der Waals surface area contributed by atoms with E-state index in [1.165, 1.54) is 19.3 Å². The molecule has 1 atom stereocenters. The van der Waals surface area contributed by atoms with E-state index in [-0.39, 0.29) is 30.0 Å². The molecule has 0 aromatic rings. The van der Waals surface area contributed by atoms with Crippen molar-refractivity contribution in [3.05, 3.63) is 47.1 Å². The number of rotatable bonds is 10. The summed E-state index contributed by atoms with van der Waals surface area (Å²) in [5.74, 6) is -0.632. The molecule has 0 aliphatic heterocycles. The average Bonchev–Trinajstić information content (AvgIpc) is 2.80. The molecule has 1 unspecified atom stereocenters. The van der Waals surface area contributed by atoms with Crippen molar-refractivity contribution in [2.75, 3.05) is 6.61 Å². The van der Waals surface area contributed by atoms with Crippen LogP contribution in [-0.2, 0) is 23.9 Å². The first kappa shape index (κ1) is 27.8. The molecule has 5 heteroatoms. The van der Waals surface area contributed by atoms with Crippen molar-refractivity contribution < 1.29 is 23.9 Å². The summed E-state index contributed by atoms with van der Waals surface area (Å²) in [6.07, 6.45) is 16.5. The van der Waals surface area contributed by atoms with E-state index >= 15 is 0 Å². The Morgan fingerprint density at radius 1 is 1.09 bits per heavy atom. The van der Waals surface area contributed by atoms with Crippen molar-refractivity contribution >= 4 is 17.7 Å². The highest BCUT2D eigenvalue weighted by molar-refractivity contribution is 6.01. The van der Waals surface area contributed by atoms with Gasteiger partial charge in [0.25, 0.3) is 0 Å². The second-order valence-electron chi connectivity index (χ2n) is 10.2. The zero-order valence-corrected chi connectivity index (χ0v) is 21.7. The molecule has 2 aliphatic carbocycles. The van der Waals surface area contributed by atoms with E-state index in [9.17, 15) is 14.4 Å². The molecule has 34 heavy (non-hydrogen) atoms. The first-order valence-electron chi connectivity index (χ1n) is 12.8. The third-order valence-electron chi connectivity index (χ3n) is 6.75. The fourth-order valence-corrected chi connectivity index (χ4v) is 4.68. The smallest absolute Gasteiger partial charge is 0.307 e. The molecule has 0 heterocycles. The minimum absolute atomic E-state index is 0.0171. The number of carbonyl (C=O) groups excluding carboxylic acids is 3. The third kappa shape index (κ3) is 8.73. The molecule has 0 bridgehead atoms. The molecular formula is C29H42O5. The Morgan fingerprint density at radius 2 is 1.76 bits per heavy atom. The molecular weight excluding hydrogens is 428 g/mol. The Bertz CT molecular complexity index is 850. The van der Waals surface area contributed by atoms with Crippen molar-refractivity contribution in [1.29, 1.82) is 0 Å². The van der Waals surface area contributed by atoms with Gasteiger partial charge in [-0.1, -0.05) is 76.0 Å². The minimum atomic E-state index is -0.818. The van der Waals surface area contributed by atoms with Crippen LogP contribution >= 0.6 is 0 Å². The maximum atomic E-state index is 12.9. The van der Waals surface area contributed by atoms with Gasteiger partial charge in [0.2, 0.25) is 0 Å². The first-order chi connectivity index (χ1) is 16.1. The lowest BCUT2D eigenvalue weighted by atomic mass is 9.71. The van der Waals surface area contributed by atoms with E-state index in [2.05, 4.69) is 26.8 Å². The molecule has 2 aliphatic rings. The zero-order chi connectivity index (χ0) is 25.1. The molecule has 2 rings (SSSR count). The Hall–Kier alpha value is -2.43. The molecule has 0 saturated heterocycles. The van der Waals surface area contributed by atoms with E-state index in [1.54, 1.807) is 6.92 Å². The van der Waals surface area contributed by atoms with Crippen LogP contribution in [0.1, 0.15) is 92.4 Å². The lowest BCUT2D eigenvalue weighted by Crippen LogP contribution is -2.39. The van der Waals surface area contributed by atoms with Gasteiger partial charge >= 0.3 is 11.9 Å². The van der Waals surface area contributed by atoms with Crippen molar-refractivity contribution in [2.45, 2.75) is 98.5 Å². The maximum Gasteiger partial charge on any atom is 0.307 e. The highest BCUT2D eigenvalue weighted by Crippen LogP contribution is 2.40. The number of esters is 2. The van der Waals surface area contributed by atoms with Crippen LogP contribution in [0.25, 0.3) is 0 Å². The van der Waals surface area contributed by atoms with Gasteiger partial charge in [-0.3, -0.25) is 14.4 Å². The molecule has 0 aromatic heterocycles. The van der Waals surface area contributed by atoms with E-state index in [1.807, 2.05) is 31.2 Å². The number of hydrogen-bond donors (Lipinski definition) is 0. The standard InChI is InChI=1S/C29H42O5/c1-6-7-9-12-21(2)15-16-24-22(3)28(32)25(19-29(24,4)5)34-27(31)18-17-26(30)33-20-23-13-10-8-11-14-23/h7,9,12,15-16,23,25H,6,8,10-11,13-14,17-20H2,1-5H3. The van der Waals surface area contributed by atoms with Crippen LogP contribution in [0.5, 0.6) is 0 Å². The van der Waals surface area contributed by atoms with Gasteiger partial charge in [-0.15, -0.1) is 0 Å². The van der Waals surface area contributed by atoms with E-state index in [0.717, 1.165) is 30.4 Å².